The topological polar surface area (TPSA) is 41.5 Å². The first-order valence-corrected chi connectivity index (χ1v) is 5.39. The van der Waals surface area contributed by atoms with E-state index in [1.165, 1.54) is 18.2 Å². The molecular formula is C12H16FNO2. The molecule has 4 heteroatoms. The number of hydrogen-bond donors (Lipinski definition) is 2. The van der Waals surface area contributed by atoms with Gasteiger partial charge in [-0.1, -0.05) is 0 Å². The predicted molar refractivity (Wildman–Crippen MR) is 58.7 cm³/mol. The van der Waals surface area contributed by atoms with Gasteiger partial charge >= 0.3 is 0 Å². The molecule has 1 aromatic rings. The first-order valence-electron chi connectivity index (χ1n) is 5.39. The molecule has 1 aliphatic heterocycles. The summed E-state index contributed by atoms with van der Waals surface area (Å²) in [6, 6.07) is 3.97. The van der Waals surface area contributed by atoms with Crippen LogP contribution in [0.25, 0.3) is 0 Å². The normalized spacial score (nSPS) is 24.9. The largest absolute Gasteiger partial charge is 0.508 e. The van der Waals surface area contributed by atoms with E-state index in [4.69, 9.17) is 4.74 Å². The number of ether oxygens (including phenoxy) is 1. The molecule has 88 valence electrons. The van der Waals surface area contributed by atoms with Crippen molar-refractivity contribution < 1.29 is 14.2 Å². The second-order valence-electron chi connectivity index (χ2n) is 4.49. The monoisotopic (exact) mass is 225 g/mol. The molecule has 0 spiro atoms. The van der Waals surface area contributed by atoms with Crippen molar-refractivity contribution in [3.8, 4) is 5.75 Å². The minimum absolute atomic E-state index is 0.0707. The highest BCUT2D eigenvalue weighted by atomic mass is 19.1. The smallest absolute Gasteiger partial charge is 0.123 e. The van der Waals surface area contributed by atoms with E-state index in [-0.39, 0.29) is 17.1 Å². The standard InChI is InChI=1S/C12H16FNO2/c1-12(4-5-16-8-12)14-7-9-6-10(13)2-3-11(9)15/h2-3,6,14-15H,4-5,7-8H2,1H3. The van der Waals surface area contributed by atoms with Crippen molar-refractivity contribution in [2.24, 2.45) is 0 Å². The lowest BCUT2D eigenvalue weighted by Gasteiger charge is -2.23. The molecule has 0 radical (unpaired) electrons. The molecule has 1 aromatic carbocycles. The molecule has 3 nitrogen and oxygen atoms in total. The second-order valence-corrected chi connectivity index (χ2v) is 4.49. The highest BCUT2D eigenvalue weighted by Gasteiger charge is 2.28. The van der Waals surface area contributed by atoms with Crippen LogP contribution in [-0.4, -0.2) is 23.9 Å². The number of benzene rings is 1. The Morgan fingerprint density at radius 1 is 1.56 bits per heavy atom. The van der Waals surface area contributed by atoms with Crippen molar-refractivity contribution in [3.63, 3.8) is 0 Å². The molecule has 1 saturated heterocycles. The van der Waals surface area contributed by atoms with E-state index >= 15 is 0 Å². The number of rotatable bonds is 3. The van der Waals surface area contributed by atoms with Gasteiger partial charge in [0, 0.05) is 24.3 Å². The first-order chi connectivity index (χ1) is 7.59. The summed E-state index contributed by atoms with van der Waals surface area (Å²) in [4.78, 5) is 0. The van der Waals surface area contributed by atoms with Gasteiger partial charge in [0.05, 0.1) is 6.61 Å². The summed E-state index contributed by atoms with van der Waals surface area (Å²) in [5.41, 5.74) is 0.506. The van der Waals surface area contributed by atoms with Crippen LogP contribution >= 0.6 is 0 Å². The van der Waals surface area contributed by atoms with Gasteiger partial charge in [0.25, 0.3) is 0 Å². The highest BCUT2D eigenvalue weighted by Crippen LogP contribution is 2.21. The average molecular weight is 225 g/mol. The predicted octanol–water partition coefficient (Wildman–Crippen LogP) is 1.80. The van der Waals surface area contributed by atoms with Gasteiger partial charge in [0.15, 0.2) is 0 Å². The molecule has 1 atom stereocenters. The lowest BCUT2D eigenvalue weighted by atomic mass is 10.0. The minimum atomic E-state index is -0.331. The van der Waals surface area contributed by atoms with Crippen LogP contribution in [0, 0.1) is 5.82 Å². The van der Waals surface area contributed by atoms with Gasteiger partial charge in [-0.2, -0.15) is 0 Å². The van der Waals surface area contributed by atoms with Crippen LogP contribution in [0.15, 0.2) is 18.2 Å². The Hall–Kier alpha value is -1.13. The molecule has 16 heavy (non-hydrogen) atoms. The van der Waals surface area contributed by atoms with Gasteiger partial charge in [-0.25, -0.2) is 4.39 Å². The molecule has 2 N–H and O–H groups in total. The van der Waals surface area contributed by atoms with Crippen molar-refractivity contribution in [3.05, 3.63) is 29.6 Å². The fraction of sp³-hybridized carbons (Fsp3) is 0.500. The molecule has 0 aliphatic carbocycles. The molecule has 2 rings (SSSR count). The first kappa shape index (κ1) is 11.4. The summed E-state index contributed by atoms with van der Waals surface area (Å²) in [7, 11) is 0. The summed E-state index contributed by atoms with van der Waals surface area (Å²) in [6.45, 7) is 3.92. The van der Waals surface area contributed by atoms with Crippen molar-refractivity contribution in [1.29, 1.82) is 0 Å². The van der Waals surface area contributed by atoms with Crippen LogP contribution in [-0.2, 0) is 11.3 Å². The minimum Gasteiger partial charge on any atom is -0.508 e. The van der Waals surface area contributed by atoms with Gasteiger partial charge in [-0.3, -0.25) is 0 Å². The molecule has 1 aliphatic rings. The van der Waals surface area contributed by atoms with Gasteiger partial charge in [0.1, 0.15) is 11.6 Å². The van der Waals surface area contributed by atoms with Gasteiger partial charge < -0.3 is 15.2 Å². The maximum absolute atomic E-state index is 13.0. The molecule has 1 fully saturated rings. The lowest BCUT2D eigenvalue weighted by molar-refractivity contribution is 0.171. The van der Waals surface area contributed by atoms with E-state index in [0.717, 1.165) is 13.0 Å². The van der Waals surface area contributed by atoms with Crippen molar-refractivity contribution >= 4 is 0 Å². The van der Waals surface area contributed by atoms with Crippen LogP contribution in [0.2, 0.25) is 0 Å². The summed E-state index contributed by atoms with van der Waals surface area (Å²) in [6.07, 6.45) is 0.934. The Bertz CT molecular complexity index is 375. The van der Waals surface area contributed by atoms with E-state index in [0.29, 0.717) is 18.7 Å². The second kappa shape index (κ2) is 4.39. The number of phenols is 1. The van der Waals surface area contributed by atoms with Crippen molar-refractivity contribution in [2.75, 3.05) is 13.2 Å². The quantitative estimate of drug-likeness (QED) is 0.824. The Labute approximate surface area is 94.2 Å². The van der Waals surface area contributed by atoms with Crippen LogP contribution in [0.4, 0.5) is 4.39 Å². The third-order valence-corrected chi connectivity index (χ3v) is 2.97. The molecule has 0 aromatic heterocycles. The molecule has 0 amide bonds. The van der Waals surface area contributed by atoms with E-state index in [1.807, 2.05) is 0 Å². The van der Waals surface area contributed by atoms with E-state index in [1.54, 1.807) is 0 Å². The number of aromatic hydroxyl groups is 1. The molecule has 0 bridgehead atoms. The lowest BCUT2D eigenvalue weighted by Crippen LogP contribution is -2.42. The number of halogens is 1. The summed E-state index contributed by atoms with van der Waals surface area (Å²) >= 11 is 0. The number of hydrogen-bond acceptors (Lipinski definition) is 3. The number of phenolic OH excluding ortho intramolecular Hbond substituents is 1. The Morgan fingerprint density at radius 3 is 3.06 bits per heavy atom. The van der Waals surface area contributed by atoms with Crippen molar-refractivity contribution in [1.82, 2.24) is 5.32 Å². The van der Waals surface area contributed by atoms with Crippen LogP contribution in [0.3, 0.4) is 0 Å². The number of nitrogens with one attached hydrogen (secondary N) is 1. The molecule has 1 heterocycles. The van der Waals surface area contributed by atoms with E-state index in [9.17, 15) is 9.50 Å². The zero-order chi connectivity index (χ0) is 11.6. The summed E-state index contributed by atoms with van der Waals surface area (Å²) in [5.74, 6) is -0.209. The third-order valence-electron chi connectivity index (χ3n) is 2.97. The van der Waals surface area contributed by atoms with E-state index < -0.39 is 0 Å². The van der Waals surface area contributed by atoms with Crippen LogP contribution in [0.5, 0.6) is 5.75 Å². The van der Waals surface area contributed by atoms with Gasteiger partial charge in [-0.05, 0) is 31.5 Å². The van der Waals surface area contributed by atoms with E-state index in [2.05, 4.69) is 12.2 Å². The van der Waals surface area contributed by atoms with Gasteiger partial charge in [-0.15, -0.1) is 0 Å². The molecule has 1 unspecified atom stereocenters. The van der Waals surface area contributed by atoms with Crippen LogP contribution in [0.1, 0.15) is 18.9 Å². The summed E-state index contributed by atoms with van der Waals surface area (Å²) < 4.78 is 18.3. The Kier molecular flexibility index (Phi) is 3.12. The fourth-order valence-electron chi connectivity index (χ4n) is 1.81. The Balaban J connectivity index is 2.01. The molecule has 0 saturated carbocycles. The fourth-order valence-corrected chi connectivity index (χ4v) is 1.81. The summed E-state index contributed by atoms with van der Waals surface area (Å²) in [5, 5.41) is 12.8. The van der Waals surface area contributed by atoms with Crippen molar-refractivity contribution in [2.45, 2.75) is 25.4 Å². The highest BCUT2D eigenvalue weighted by molar-refractivity contribution is 5.32. The Morgan fingerprint density at radius 2 is 2.38 bits per heavy atom. The zero-order valence-corrected chi connectivity index (χ0v) is 9.29. The van der Waals surface area contributed by atoms with Crippen LogP contribution < -0.4 is 5.32 Å². The SMILES string of the molecule is CC1(NCc2cc(F)ccc2O)CCOC1. The maximum atomic E-state index is 13.0. The third kappa shape index (κ3) is 2.51. The van der Waals surface area contributed by atoms with Gasteiger partial charge in [0.2, 0.25) is 0 Å². The average Bonchev–Trinajstić information content (AvgIpc) is 2.67. The molecular weight excluding hydrogens is 209 g/mol. The maximum Gasteiger partial charge on any atom is 0.123 e. The zero-order valence-electron chi connectivity index (χ0n) is 9.29.